The number of rotatable bonds is 3. The Hall–Kier alpha value is -0.0800. The lowest BCUT2D eigenvalue weighted by atomic mass is 9.66. The largest absolute Gasteiger partial charge is 0.329 e. The minimum Gasteiger partial charge on any atom is -0.329 e. The van der Waals surface area contributed by atoms with Crippen LogP contribution in [0.2, 0.25) is 0 Å². The van der Waals surface area contributed by atoms with Crippen LogP contribution in [0, 0.1) is 17.8 Å². The smallest absolute Gasteiger partial charge is 0.0362 e. The van der Waals surface area contributed by atoms with Gasteiger partial charge in [-0.3, -0.25) is 4.90 Å². The Kier molecular flexibility index (Phi) is 4.42. The lowest BCUT2D eigenvalue weighted by molar-refractivity contribution is -0.0320. The van der Waals surface area contributed by atoms with E-state index in [1.54, 1.807) is 0 Å². The van der Waals surface area contributed by atoms with E-state index >= 15 is 0 Å². The van der Waals surface area contributed by atoms with Gasteiger partial charge in [-0.25, -0.2) is 0 Å². The zero-order chi connectivity index (χ0) is 14.2. The summed E-state index contributed by atoms with van der Waals surface area (Å²) in [5.74, 6) is 2.59. The molecule has 2 heteroatoms. The first-order valence-corrected chi connectivity index (χ1v) is 9.16. The van der Waals surface area contributed by atoms with Crippen LogP contribution in [0.5, 0.6) is 0 Å². The van der Waals surface area contributed by atoms with Crippen molar-refractivity contribution in [3.8, 4) is 0 Å². The zero-order valence-electron chi connectivity index (χ0n) is 13.6. The van der Waals surface area contributed by atoms with Crippen molar-refractivity contribution in [2.45, 2.75) is 83.2 Å². The van der Waals surface area contributed by atoms with Crippen LogP contribution >= 0.6 is 0 Å². The van der Waals surface area contributed by atoms with Crippen LogP contribution in [0.3, 0.4) is 0 Å². The van der Waals surface area contributed by atoms with E-state index < -0.39 is 0 Å². The van der Waals surface area contributed by atoms with E-state index in [1.807, 2.05) is 0 Å². The molecule has 2 N–H and O–H groups in total. The van der Waals surface area contributed by atoms with E-state index in [2.05, 4.69) is 18.7 Å². The molecule has 0 aromatic heterocycles. The Morgan fingerprint density at radius 1 is 1.00 bits per heavy atom. The molecule has 0 amide bonds. The highest BCUT2D eigenvalue weighted by molar-refractivity contribution is 5.05. The first kappa shape index (κ1) is 14.8. The van der Waals surface area contributed by atoms with Crippen LogP contribution < -0.4 is 5.73 Å². The Labute approximate surface area is 125 Å². The summed E-state index contributed by atoms with van der Waals surface area (Å²) in [7, 11) is 0. The second-order valence-electron chi connectivity index (χ2n) is 7.91. The predicted octanol–water partition coefficient (Wildman–Crippen LogP) is 3.79. The fraction of sp³-hybridized carbons (Fsp3) is 1.00. The van der Waals surface area contributed by atoms with Gasteiger partial charge in [0, 0.05) is 18.1 Å². The maximum atomic E-state index is 6.39. The quantitative estimate of drug-likeness (QED) is 0.851. The standard InChI is InChI=1S/C18H34N2/c1-14-7-5-11-18(13-19,15(14)2)20-12-6-10-17(20)16-8-3-4-9-16/h14-17H,3-13,19H2,1-2H3. The van der Waals surface area contributed by atoms with Crippen LogP contribution in [0.25, 0.3) is 0 Å². The third kappa shape index (κ3) is 2.33. The molecule has 2 saturated carbocycles. The average molecular weight is 278 g/mol. The number of hydrogen-bond acceptors (Lipinski definition) is 2. The van der Waals surface area contributed by atoms with Crippen LogP contribution in [-0.2, 0) is 0 Å². The number of likely N-dealkylation sites (tertiary alicyclic amines) is 1. The molecule has 4 unspecified atom stereocenters. The second-order valence-corrected chi connectivity index (χ2v) is 7.91. The Balaban J connectivity index is 1.83. The molecular formula is C18H34N2. The molecule has 0 bridgehead atoms. The van der Waals surface area contributed by atoms with Crippen molar-refractivity contribution in [3.05, 3.63) is 0 Å². The minimum absolute atomic E-state index is 0.321. The van der Waals surface area contributed by atoms with Gasteiger partial charge in [0.2, 0.25) is 0 Å². The summed E-state index contributed by atoms with van der Waals surface area (Å²) in [4.78, 5) is 2.92. The average Bonchev–Trinajstić information content (AvgIpc) is 3.11. The Morgan fingerprint density at radius 2 is 1.75 bits per heavy atom. The van der Waals surface area contributed by atoms with Gasteiger partial charge in [-0.05, 0) is 56.4 Å². The predicted molar refractivity (Wildman–Crippen MR) is 85.7 cm³/mol. The molecule has 3 aliphatic rings. The molecule has 2 nitrogen and oxygen atoms in total. The van der Waals surface area contributed by atoms with Crippen molar-refractivity contribution in [2.75, 3.05) is 13.1 Å². The molecule has 0 aromatic rings. The van der Waals surface area contributed by atoms with Crippen LogP contribution in [0.1, 0.15) is 71.6 Å². The van der Waals surface area contributed by atoms with Gasteiger partial charge in [0.25, 0.3) is 0 Å². The van der Waals surface area contributed by atoms with Crippen molar-refractivity contribution in [1.29, 1.82) is 0 Å². The summed E-state index contributed by atoms with van der Waals surface area (Å²) < 4.78 is 0. The zero-order valence-corrected chi connectivity index (χ0v) is 13.6. The molecular weight excluding hydrogens is 244 g/mol. The molecule has 116 valence electrons. The van der Waals surface area contributed by atoms with Crippen LogP contribution in [0.15, 0.2) is 0 Å². The van der Waals surface area contributed by atoms with Crippen LogP contribution in [0.4, 0.5) is 0 Å². The molecule has 20 heavy (non-hydrogen) atoms. The molecule has 0 radical (unpaired) electrons. The summed E-state index contributed by atoms with van der Waals surface area (Å²) in [5.41, 5.74) is 6.71. The highest BCUT2D eigenvalue weighted by Gasteiger charge is 2.49. The molecule has 1 saturated heterocycles. The van der Waals surface area contributed by atoms with E-state index in [4.69, 9.17) is 5.73 Å². The normalized spacial score (nSPS) is 44.2. The van der Waals surface area contributed by atoms with Gasteiger partial charge in [0.1, 0.15) is 0 Å². The van der Waals surface area contributed by atoms with Gasteiger partial charge in [-0.15, -0.1) is 0 Å². The van der Waals surface area contributed by atoms with Gasteiger partial charge >= 0.3 is 0 Å². The number of nitrogens with zero attached hydrogens (tertiary/aromatic N) is 1. The summed E-state index contributed by atoms with van der Waals surface area (Å²) in [6.07, 6.45) is 12.9. The summed E-state index contributed by atoms with van der Waals surface area (Å²) in [6.45, 7) is 7.13. The van der Waals surface area contributed by atoms with E-state index in [0.717, 1.165) is 30.3 Å². The minimum atomic E-state index is 0.321. The SMILES string of the molecule is CC1CCCC(CN)(N2CCCC2C2CCCC2)C1C. The molecule has 4 atom stereocenters. The van der Waals surface area contributed by atoms with Gasteiger partial charge in [0.15, 0.2) is 0 Å². The third-order valence-corrected chi connectivity index (χ3v) is 7.14. The van der Waals surface area contributed by atoms with Gasteiger partial charge in [-0.2, -0.15) is 0 Å². The molecule has 1 heterocycles. The van der Waals surface area contributed by atoms with Crippen molar-refractivity contribution < 1.29 is 0 Å². The lowest BCUT2D eigenvalue weighted by Gasteiger charge is -2.54. The monoisotopic (exact) mass is 278 g/mol. The fourth-order valence-electron chi connectivity index (χ4n) is 5.73. The molecule has 0 aromatic carbocycles. The van der Waals surface area contributed by atoms with Gasteiger partial charge in [-0.1, -0.05) is 39.5 Å². The van der Waals surface area contributed by atoms with Crippen molar-refractivity contribution in [1.82, 2.24) is 4.90 Å². The van der Waals surface area contributed by atoms with Crippen molar-refractivity contribution >= 4 is 0 Å². The first-order valence-electron chi connectivity index (χ1n) is 9.16. The molecule has 0 spiro atoms. The summed E-state index contributed by atoms with van der Waals surface area (Å²) >= 11 is 0. The van der Waals surface area contributed by atoms with Crippen LogP contribution in [-0.4, -0.2) is 29.6 Å². The third-order valence-electron chi connectivity index (χ3n) is 7.14. The van der Waals surface area contributed by atoms with E-state index in [0.29, 0.717) is 5.54 Å². The maximum Gasteiger partial charge on any atom is 0.0362 e. The highest BCUT2D eigenvalue weighted by Crippen LogP contribution is 2.47. The Morgan fingerprint density at radius 3 is 2.45 bits per heavy atom. The number of hydrogen-bond donors (Lipinski definition) is 1. The first-order chi connectivity index (χ1) is 9.69. The molecule has 3 fully saturated rings. The fourth-order valence-corrected chi connectivity index (χ4v) is 5.73. The van der Waals surface area contributed by atoms with Crippen molar-refractivity contribution in [2.24, 2.45) is 23.5 Å². The van der Waals surface area contributed by atoms with Crippen molar-refractivity contribution in [3.63, 3.8) is 0 Å². The van der Waals surface area contributed by atoms with Gasteiger partial charge in [0.05, 0.1) is 0 Å². The summed E-state index contributed by atoms with van der Waals surface area (Å²) in [5, 5.41) is 0. The molecule has 3 rings (SSSR count). The highest BCUT2D eigenvalue weighted by atomic mass is 15.3. The second kappa shape index (κ2) is 5.96. The molecule has 2 aliphatic carbocycles. The number of nitrogens with two attached hydrogens (primary N) is 1. The van der Waals surface area contributed by atoms with Gasteiger partial charge < -0.3 is 5.73 Å². The topological polar surface area (TPSA) is 29.3 Å². The van der Waals surface area contributed by atoms with E-state index in [-0.39, 0.29) is 0 Å². The Bertz CT molecular complexity index is 323. The van der Waals surface area contributed by atoms with E-state index in [9.17, 15) is 0 Å². The summed E-state index contributed by atoms with van der Waals surface area (Å²) in [6, 6.07) is 0.855. The molecule has 1 aliphatic heterocycles. The van der Waals surface area contributed by atoms with E-state index in [1.165, 1.54) is 64.3 Å². The maximum absolute atomic E-state index is 6.39. The lowest BCUT2D eigenvalue weighted by Crippen LogP contribution is -2.63.